The van der Waals surface area contributed by atoms with E-state index in [0.29, 0.717) is 17.5 Å². The summed E-state index contributed by atoms with van der Waals surface area (Å²) in [6.45, 7) is 15.4. The Kier molecular flexibility index (Phi) is 6.14. The van der Waals surface area contributed by atoms with Crippen LogP contribution in [0.15, 0.2) is 77.5 Å². The Labute approximate surface area is 230 Å². The van der Waals surface area contributed by atoms with Gasteiger partial charge in [0.25, 0.3) is 0 Å². The van der Waals surface area contributed by atoms with Gasteiger partial charge in [-0.2, -0.15) is 0 Å². The monoisotopic (exact) mass is 513 g/mol. The second kappa shape index (κ2) is 9.53. The van der Waals surface area contributed by atoms with Gasteiger partial charge in [0.1, 0.15) is 11.4 Å². The largest absolute Gasteiger partial charge is 0.437 e. The van der Waals surface area contributed by atoms with Crippen molar-refractivity contribution in [2.75, 3.05) is 0 Å². The summed E-state index contributed by atoms with van der Waals surface area (Å²) in [5.41, 5.74) is 12.1. The summed E-state index contributed by atoms with van der Waals surface area (Å²) in [7, 11) is 0. The highest BCUT2D eigenvalue weighted by molar-refractivity contribution is 6.10. The highest BCUT2D eigenvalue weighted by atomic mass is 16.3. The van der Waals surface area contributed by atoms with E-state index in [1.165, 1.54) is 33.5 Å². The molecule has 0 radical (unpaired) electrons. The molecule has 0 saturated carbocycles. The van der Waals surface area contributed by atoms with Crippen LogP contribution in [0.4, 0.5) is 0 Å². The second-order valence-electron chi connectivity index (χ2n) is 11.3. The van der Waals surface area contributed by atoms with E-state index in [1.54, 1.807) is 0 Å². The third kappa shape index (κ3) is 4.15. The maximum atomic E-state index is 6.51. The lowest BCUT2D eigenvalue weighted by molar-refractivity contribution is 0.652. The maximum absolute atomic E-state index is 6.51. The van der Waals surface area contributed by atoms with Crippen molar-refractivity contribution in [2.45, 2.75) is 60.3 Å². The molecule has 0 aliphatic rings. The molecule has 6 aromatic rings. The first-order valence-corrected chi connectivity index (χ1v) is 13.8. The fourth-order valence-electron chi connectivity index (χ4n) is 5.87. The Morgan fingerprint density at radius 3 is 2.13 bits per heavy atom. The Bertz CT molecular complexity index is 1810. The van der Waals surface area contributed by atoms with E-state index in [9.17, 15) is 0 Å². The second-order valence-corrected chi connectivity index (χ2v) is 11.3. The average Bonchev–Trinajstić information content (AvgIpc) is 3.53. The van der Waals surface area contributed by atoms with Gasteiger partial charge in [0.05, 0.1) is 11.3 Å². The molecule has 0 N–H and O–H groups in total. The number of fused-ring (bicyclic) bond motifs is 3. The van der Waals surface area contributed by atoms with Crippen LogP contribution in [0.1, 0.15) is 67.5 Å². The molecule has 39 heavy (non-hydrogen) atoms. The van der Waals surface area contributed by atoms with E-state index in [2.05, 4.69) is 113 Å². The molecule has 6 rings (SSSR count). The number of imidazole rings is 1. The summed E-state index contributed by atoms with van der Waals surface area (Å²) in [6, 6.07) is 21.8. The lowest BCUT2D eigenvalue weighted by Gasteiger charge is -2.24. The topological polar surface area (TPSA) is 43.9 Å². The fourth-order valence-corrected chi connectivity index (χ4v) is 5.87. The first-order chi connectivity index (χ1) is 18.7. The molecule has 196 valence electrons. The van der Waals surface area contributed by atoms with Crippen molar-refractivity contribution in [2.24, 2.45) is 0 Å². The van der Waals surface area contributed by atoms with Gasteiger partial charge in [0.15, 0.2) is 0 Å². The van der Waals surface area contributed by atoms with Crippen molar-refractivity contribution in [3.63, 3.8) is 0 Å². The molecular formula is C35H35N3O. The smallest absolute Gasteiger partial charge is 0.227 e. The number of benzene rings is 3. The first kappa shape index (κ1) is 25.1. The van der Waals surface area contributed by atoms with E-state index in [0.717, 1.165) is 39.0 Å². The van der Waals surface area contributed by atoms with Gasteiger partial charge in [-0.1, -0.05) is 64.1 Å². The maximum Gasteiger partial charge on any atom is 0.227 e. The first-order valence-electron chi connectivity index (χ1n) is 13.8. The van der Waals surface area contributed by atoms with Gasteiger partial charge >= 0.3 is 0 Å². The van der Waals surface area contributed by atoms with Crippen LogP contribution in [0.3, 0.4) is 0 Å². The predicted molar refractivity (Wildman–Crippen MR) is 162 cm³/mol. The number of nitrogens with zero attached hydrogens (tertiary/aromatic N) is 3. The molecule has 0 fully saturated rings. The zero-order valence-corrected chi connectivity index (χ0v) is 23.8. The molecule has 0 aliphatic carbocycles. The number of aryl methyl sites for hydroxylation is 3. The molecule has 3 aromatic carbocycles. The lowest BCUT2D eigenvalue weighted by Crippen LogP contribution is -2.09. The SMILES string of the molecule is Cc1ccc2c(n1)oc1c(-c3nccn3-c3c(C(C)C)cc(-c4ccccc4)cc3C(C)C)c(C)cc(C)c12. The Morgan fingerprint density at radius 2 is 1.46 bits per heavy atom. The molecular weight excluding hydrogens is 478 g/mol. The standard InChI is InChI=1S/C35H35N3O/c1-20(2)28-18-26(25-11-9-8-10-12-25)19-29(21(3)4)32(28)38-16-15-36-34(38)31-23(6)17-22(5)30-27-14-13-24(7)37-35(27)39-33(30)31/h8-21H,1-7H3. The molecule has 4 heteroatoms. The molecule has 0 atom stereocenters. The third-order valence-corrected chi connectivity index (χ3v) is 7.77. The Morgan fingerprint density at radius 1 is 0.769 bits per heavy atom. The molecule has 0 spiro atoms. The average molecular weight is 514 g/mol. The van der Waals surface area contributed by atoms with Crippen LogP contribution < -0.4 is 0 Å². The summed E-state index contributed by atoms with van der Waals surface area (Å²) in [6.07, 6.45) is 4.01. The van der Waals surface area contributed by atoms with E-state index in [4.69, 9.17) is 14.4 Å². The quantitative estimate of drug-likeness (QED) is 0.230. The summed E-state index contributed by atoms with van der Waals surface area (Å²) < 4.78 is 8.79. The highest BCUT2D eigenvalue weighted by Crippen LogP contribution is 2.42. The molecule has 0 bridgehead atoms. The summed E-state index contributed by atoms with van der Waals surface area (Å²) >= 11 is 0. The van der Waals surface area contributed by atoms with Crippen LogP contribution in [0, 0.1) is 20.8 Å². The number of hydrogen-bond donors (Lipinski definition) is 0. The van der Waals surface area contributed by atoms with Crippen LogP contribution in [-0.4, -0.2) is 14.5 Å². The van der Waals surface area contributed by atoms with Gasteiger partial charge in [0, 0.05) is 28.9 Å². The minimum Gasteiger partial charge on any atom is -0.437 e. The van der Waals surface area contributed by atoms with Crippen LogP contribution in [0.2, 0.25) is 0 Å². The highest BCUT2D eigenvalue weighted by Gasteiger charge is 2.25. The van der Waals surface area contributed by atoms with Crippen LogP contribution in [0.5, 0.6) is 0 Å². The normalized spacial score (nSPS) is 11.9. The van der Waals surface area contributed by atoms with Gasteiger partial charge in [-0.25, -0.2) is 9.97 Å². The van der Waals surface area contributed by atoms with E-state index < -0.39 is 0 Å². The number of pyridine rings is 1. The molecule has 0 unspecified atom stereocenters. The summed E-state index contributed by atoms with van der Waals surface area (Å²) in [4.78, 5) is 9.66. The van der Waals surface area contributed by atoms with Crippen LogP contribution in [0.25, 0.3) is 50.3 Å². The number of hydrogen-bond acceptors (Lipinski definition) is 3. The number of aromatic nitrogens is 3. The van der Waals surface area contributed by atoms with E-state index >= 15 is 0 Å². The van der Waals surface area contributed by atoms with E-state index in [-0.39, 0.29) is 0 Å². The third-order valence-electron chi connectivity index (χ3n) is 7.77. The van der Waals surface area contributed by atoms with Crippen molar-refractivity contribution in [3.05, 3.63) is 101 Å². The van der Waals surface area contributed by atoms with Crippen molar-refractivity contribution in [1.82, 2.24) is 14.5 Å². The van der Waals surface area contributed by atoms with Gasteiger partial charge in [0.2, 0.25) is 5.71 Å². The Balaban J connectivity index is 1.66. The minimum absolute atomic E-state index is 0.328. The zero-order valence-electron chi connectivity index (χ0n) is 23.8. The number of rotatable bonds is 5. The molecule has 0 saturated heterocycles. The van der Waals surface area contributed by atoms with Crippen LogP contribution >= 0.6 is 0 Å². The molecule has 0 aliphatic heterocycles. The Hall–Kier alpha value is -4.18. The predicted octanol–water partition coefficient (Wildman–Crippen LogP) is 9.67. The van der Waals surface area contributed by atoms with Crippen LogP contribution in [-0.2, 0) is 0 Å². The fraction of sp³-hybridized carbons (Fsp3) is 0.257. The zero-order chi connectivity index (χ0) is 27.4. The molecule has 0 amide bonds. The van der Waals surface area contributed by atoms with Gasteiger partial charge in [-0.3, -0.25) is 4.57 Å². The number of furan rings is 1. The minimum atomic E-state index is 0.328. The van der Waals surface area contributed by atoms with Crippen molar-refractivity contribution < 1.29 is 4.42 Å². The van der Waals surface area contributed by atoms with Crippen molar-refractivity contribution in [3.8, 4) is 28.2 Å². The van der Waals surface area contributed by atoms with Crippen molar-refractivity contribution >= 4 is 22.1 Å². The van der Waals surface area contributed by atoms with Gasteiger partial charge in [-0.05, 0) is 90.3 Å². The summed E-state index contributed by atoms with van der Waals surface area (Å²) in [5, 5.41) is 2.16. The molecule has 4 nitrogen and oxygen atoms in total. The van der Waals surface area contributed by atoms with E-state index in [1.807, 2.05) is 13.1 Å². The van der Waals surface area contributed by atoms with Gasteiger partial charge < -0.3 is 4.42 Å². The molecule has 3 aromatic heterocycles. The summed E-state index contributed by atoms with van der Waals surface area (Å²) in [5.74, 6) is 1.55. The van der Waals surface area contributed by atoms with Crippen molar-refractivity contribution in [1.29, 1.82) is 0 Å². The lowest BCUT2D eigenvalue weighted by atomic mass is 9.88. The molecule has 3 heterocycles. The van der Waals surface area contributed by atoms with Gasteiger partial charge in [-0.15, -0.1) is 0 Å².